The fraction of sp³-hybridized carbons (Fsp3) is 0.125. The summed E-state index contributed by atoms with van der Waals surface area (Å²) in [4.78, 5) is 39.3. The number of imide groups is 1. The number of aryl methyl sites for hydroxylation is 1. The summed E-state index contributed by atoms with van der Waals surface area (Å²) in [5.41, 5.74) is 1.64. The van der Waals surface area contributed by atoms with Gasteiger partial charge in [0.05, 0.1) is 21.7 Å². The van der Waals surface area contributed by atoms with Gasteiger partial charge in [0.25, 0.3) is 21.8 Å². The summed E-state index contributed by atoms with van der Waals surface area (Å²) in [6, 6.07) is 20.6. The molecule has 0 spiro atoms. The lowest BCUT2D eigenvalue weighted by molar-refractivity contribution is -0.117. The molecular weight excluding hydrogens is 428 g/mol. The van der Waals surface area contributed by atoms with Gasteiger partial charge in [-0.1, -0.05) is 48.0 Å². The zero-order chi connectivity index (χ0) is 22.9. The smallest absolute Gasteiger partial charge is 0.270 e. The first-order valence-corrected chi connectivity index (χ1v) is 11.4. The summed E-state index contributed by atoms with van der Waals surface area (Å²) < 4.78 is 27.4. The Morgan fingerprint density at radius 3 is 1.91 bits per heavy atom. The molecule has 1 heterocycles. The summed E-state index contributed by atoms with van der Waals surface area (Å²) in [6.45, 7) is 1.63. The standard InChI is InChI=1S/C24H20N2O5S/c1-17-11-13-18(14-12-17)26(32(30,31)19-7-3-2-4-8-19)22(27)15-16-25-23(28)20-9-5-6-10-21(20)24(25)29/h2-14H,15-16H2,1H3. The molecule has 0 aromatic heterocycles. The van der Waals surface area contributed by atoms with E-state index in [2.05, 4.69) is 0 Å². The Balaban J connectivity index is 1.62. The monoisotopic (exact) mass is 448 g/mol. The number of rotatable bonds is 6. The van der Waals surface area contributed by atoms with Gasteiger partial charge in [0.15, 0.2) is 0 Å². The van der Waals surface area contributed by atoms with Crippen LogP contribution in [0.5, 0.6) is 0 Å². The maximum Gasteiger partial charge on any atom is 0.270 e. The van der Waals surface area contributed by atoms with Gasteiger partial charge in [-0.2, -0.15) is 0 Å². The van der Waals surface area contributed by atoms with Crippen LogP contribution in [0.15, 0.2) is 83.8 Å². The average Bonchev–Trinajstić information content (AvgIpc) is 3.04. The second kappa shape index (κ2) is 8.39. The predicted octanol–water partition coefficient (Wildman–Crippen LogP) is 3.40. The van der Waals surface area contributed by atoms with Crippen LogP contribution in [0.4, 0.5) is 5.69 Å². The van der Waals surface area contributed by atoms with Crippen molar-refractivity contribution < 1.29 is 22.8 Å². The zero-order valence-corrected chi connectivity index (χ0v) is 18.1. The summed E-state index contributed by atoms with van der Waals surface area (Å²) in [5.74, 6) is -1.73. The molecule has 3 aromatic rings. The highest BCUT2D eigenvalue weighted by Crippen LogP contribution is 2.27. The molecule has 1 aliphatic heterocycles. The van der Waals surface area contributed by atoms with Gasteiger partial charge in [-0.25, -0.2) is 12.7 Å². The SMILES string of the molecule is Cc1ccc(N(C(=O)CCN2C(=O)c3ccccc3C2=O)S(=O)(=O)c2ccccc2)cc1. The van der Waals surface area contributed by atoms with E-state index < -0.39 is 27.7 Å². The molecule has 0 unspecified atom stereocenters. The number of carbonyl (C=O) groups is 3. The molecule has 0 N–H and O–H groups in total. The van der Waals surface area contributed by atoms with E-state index in [4.69, 9.17) is 0 Å². The molecule has 3 amide bonds. The topological polar surface area (TPSA) is 91.8 Å². The van der Waals surface area contributed by atoms with Crippen molar-refractivity contribution in [1.29, 1.82) is 0 Å². The number of amides is 3. The maximum atomic E-state index is 13.3. The molecule has 7 nitrogen and oxygen atoms in total. The highest BCUT2D eigenvalue weighted by atomic mass is 32.2. The van der Waals surface area contributed by atoms with E-state index in [1.807, 2.05) is 6.92 Å². The molecule has 0 aliphatic carbocycles. The lowest BCUT2D eigenvalue weighted by Crippen LogP contribution is -2.40. The van der Waals surface area contributed by atoms with Crippen molar-refractivity contribution in [2.75, 3.05) is 10.8 Å². The first-order valence-electron chi connectivity index (χ1n) is 9.96. The van der Waals surface area contributed by atoms with E-state index in [9.17, 15) is 22.8 Å². The molecule has 4 rings (SSSR count). The number of hydrogen-bond donors (Lipinski definition) is 0. The first kappa shape index (κ1) is 21.5. The van der Waals surface area contributed by atoms with Crippen molar-refractivity contribution in [2.24, 2.45) is 0 Å². The van der Waals surface area contributed by atoms with E-state index >= 15 is 0 Å². The van der Waals surface area contributed by atoms with Gasteiger partial charge >= 0.3 is 0 Å². The fourth-order valence-electron chi connectivity index (χ4n) is 3.55. The van der Waals surface area contributed by atoms with E-state index in [-0.39, 0.29) is 34.7 Å². The minimum Gasteiger partial charge on any atom is -0.274 e. The van der Waals surface area contributed by atoms with E-state index in [1.54, 1.807) is 66.7 Å². The first-order chi connectivity index (χ1) is 15.3. The number of nitrogens with zero attached hydrogens (tertiary/aromatic N) is 2. The molecule has 8 heteroatoms. The van der Waals surface area contributed by atoms with Gasteiger partial charge in [0.1, 0.15) is 0 Å². The number of fused-ring (bicyclic) bond motifs is 1. The highest BCUT2D eigenvalue weighted by molar-refractivity contribution is 7.93. The third kappa shape index (κ3) is 3.80. The van der Waals surface area contributed by atoms with Crippen LogP contribution in [0.2, 0.25) is 0 Å². The van der Waals surface area contributed by atoms with Gasteiger partial charge in [-0.05, 0) is 43.3 Å². The molecule has 3 aromatic carbocycles. The largest absolute Gasteiger partial charge is 0.274 e. The maximum absolute atomic E-state index is 13.3. The Morgan fingerprint density at radius 1 is 0.812 bits per heavy atom. The summed E-state index contributed by atoms with van der Waals surface area (Å²) in [5, 5.41) is 0. The van der Waals surface area contributed by atoms with Crippen LogP contribution in [0.25, 0.3) is 0 Å². The van der Waals surface area contributed by atoms with Crippen LogP contribution < -0.4 is 4.31 Å². The van der Waals surface area contributed by atoms with E-state index in [0.717, 1.165) is 14.8 Å². The Morgan fingerprint density at radius 2 is 1.34 bits per heavy atom. The lowest BCUT2D eigenvalue weighted by Gasteiger charge is -2.24. The Hall–Kier alpha value is -3.78. The highest BCUT2D eigenvalue weighted by Gasteiger charge is 2.37. The molecule has 32 heavy (non-hydrogen) atoms. The number of anilines is 1. The average molecular weight is 449 g/mol. The summed E-state index contributed by atoms with van der Waals surface area (Å²) >= 11 is 0. The molecule has 1 aliphatic rings. The lowest BCUT2D eigenvalue weighted by atomic mass is 10.1. The van der Waals surface area contributed by atoms with Crippen LogP contribution in [0.1, 0.15) is 32.7 Å². The fourth-order valence-corrected chi connectivity index (χ4v) is 5.02. The van der Waals surface area contributed by atoms with Gasteiger partial charge in [0.2, 0.25) is 5.91 Å². The van der Waals surface area contributed by atoms with Gasteiger partial charge in [-0.15, -0.1) is 0 Å². The van der Waals surface area contributed by atoms with Crippen LogP contribution in [0.3, 0.4) is 0 Å². The Labute approximate surface area is 185 Å². The van der Waals surface area contributed by atoms with E-state index in [0.29, 0.717) is 0 Å². The van der Waals surface area contributed by atoms with Gasteiger partial charge in [-0.3, -0.25) is 19.3 Å². The minimum atomic E-state index is -4.20. The number of hydrogen-bond acceptors (Lipinski definition) is 5. The van der Waals surface area contributed by atoms with Crippen molar-refractivity contribution >= 4 is 33.4 Å². The van der Waals surface area contributed by atoms with Crippen molar-refractivity contribution in [3.8, 4) is 0 Å². The van der Waals surface area contributed by atoms with Crippen molar-refractivity contribution in [3.05, 3.63) is 95.6 Å². The van der Waals surface area contributed by atoms with Gasteiger partial charge < -0.3 is 0 Å². The summed E-state index contributed by atoms with van der Waals surface area (Å²) in [7, 11) is -4.20. The molecule has 0 atom stereocenters. The summed E-state index contributed by atoms with van der Waals surface area (Å²) in [6.07, 6.45) is -0.342. The second-order valence-corrected chi connectivity index (χ2v) is 9.16. The minimum absolute atomic E-state index is 0.0327. The molecular formula is C24H20N2O5S. The molecule has 162 valence electrons. The van der Waals surface area contributed by atoms with Gasteiger partial charge in [0, 0.05) is 13.0 Å². The molecule has 0 saturated carbocycles. The van der Waals surface area contributed by atoms with E-state index in [1.165, 1.54) is 12.1 Å². The Kier molecular flexibility index (Phi) is 5.63. The number of carbonyl (C=O) groups excluding carboxylic acids is 3. The van der Waals surface area contributed by atoms with Crippen molar-refractivity contribution in [3.63, 3.8) is 0 Å². The second-order valence-electron chi connectivity index (χ2n) is 7.37. The Bertz CT molecular complexity index is 1270. The molecule has 0 fully saturated rings. The van der Waals surface area contributed by atoms with Crippen molar-refractivity contribution in [1.82, 2.24) is 4.90 Å². The quantitative estimate of drug-likeness (QED) is 0.539. The molecule has 0 radical (unpaired) electrons. The van der Waals surface area contributed by atoms with Crippen LogP contribution in [-0.4, -0.2) is 37.6 Å². The van der Waals surface area contributed by atoms with Crippen LogP contribution >= 0.6 is 0 Å². The number of sulfonamides is 1. The van der Waals surface area contributed by atoms with Crippen LogP contribution in [0, 0.1) is 6.92 Å². The third-order valence-corrected chi connectivity index (χ3v) is 6.97. The zero-order valence-electron chi connectivity index (χ0n) is 17.3. The molecule has 0 bridgehead atoms. The molecule has 0 saturated heterocycles. The van der Waals surface area contributed by atoms with Crippen molar-refractivity contribution in [2.45, 2.75) is 18.2 Å². The number of benzene rings is 3. The predicted molar refractivity (Wildman–Crippen MR) is 119 cm³/mol. The third-order valence-electron chi connectivity index (χ3n) is 5.20. The van der Waals surface area contributed by atoms with Crippen LogP contribution in [-0.2, 0) is 14.8 Å². The normalized spacial score (nSPS) is 13.2.